The molecule has 1 aromatic heterocycles. The fourth-order valence-electron chi connectivity index (χ4n) is 4.35. The topological polar surface area (TPSA) is 124 Å². The van der Waals surface area contributed by atoms with Crippen LogP contribution >= 0.6 is 11.3 Å². The Bertz CT molecular complexity index is 1810. The maximum atomic E-state index is 13.9. The van der Waals surface area contributed by atoms with Crippen LogP contribution in [0.3, 0.4) is 0 Å². The van der Waals surface area contributed by atoms with Crippen molar-refractivity contribution >= 4 is 34.8 Å². The highest BCUT2D eigenvalue weighted by Crippen LogP contribution is 2.35. The summed E-state index contributed by atoms with van der Waals surface area (Å²) in [7, 11) is 0. The molecule has 0 fully saturated rings. The molecular formula is C28H20FN3O6S. The molecule has 0 radical (unpaired) electrons. The van der Waals surface area contributed by atoms with Crippen LogP contribution in [-0.2, 0) is 9.53 Å². The van der Waals surface area contributed by atoms with Crippen LogP contribution in [0.2, 0.25) is 0 Å². The third kappa shape index (κ3) is 4.75. The number of phenols is 1. The number of halogens is 1. The van der Waals surface area contributed by atoms with Crippen LogP contribution in [0.15, 0.2) is 88.2 Å². The van der Waals surface area contributed by atoms with E-state index in [0.29, 0.717) is 16.8 Å². The van der Waals surface area contributed by atoms with Crippen LogP contribution in [0.1, 0.15) is 29.7 Å². The Balaban J connectivity index is 1.83. The maximum absolute atomic E-state index is 13.9. The van der Waals surface area contributed by atoms with Gasteiger partial charge in [-0.1, -0.05) is 65.9 Å². The van der Waals surface area contributed by atoms with Gasteiger partial charge in [-0.2, -0.15) is 0 Å². The quantitative estimate of drug-likeness (QED) is 0.224. The lowest BCUT2D eigenvalue weighted by Crippen LogP contribution is -2.40. The predicted molar refractivity (Wildman–Crippen MR) is 142 cm³/mol. The molecule has 4 aromatic rings. The summed E-state index contributed by atoms with van der Waals surface area (Å²) in [5.41, 5.74) is 0.488. The van der Waals surface area contributed by atoms with Crippen molar-refractivity contribution in [1.82, 2.24) is 4.57 Å². The van der Waals surface area contributed by atoms with E-state index < -0.39 is 39.7 Å². The van der Waals surface area contributed by atoms with Crippen molar-refractivity contribution in [3.8, 4) is 5.75 Å². The molecule has 1 aliphatic rings. The van der Waals surface area contributed by atoms with Crippen molar-refractivity contribution in [3.05, 3.63) is 131 Å². The first-order valence-corrected chi connectivity index (χ1v) is 12.6. The first kappa shape index (κ1) is 25.7. The summed E-state index contributed by atoms with van der Waals surface area (Å²) in [5.74, 6) is -1.75. The zero-order valence-corrected chi connectivity index (χ0v) is 21.2. The fraction of sp³-hybridized carbons (Fsp3) is 0.107. The van der Waals surface area contributed by atoms with Crippen molar-refractivity contribution in [3.63, 3.8) is 0 Å². The summed E-state index contributed by atoms with van der Waals surface area (Å²) in [5, 5.41) is 21.7. The minimum Gasteiger partial charge on any atom is -0.502 e. The number of para-hydroxylation sites is 1. The number of ether oxygens (including phenoxy) is 1. The number of aromatic nitrogens is 1. The van der Waals surface area contributed by atoms with Crippen LogP contribution < -0.4 is 14.9 Å². The predicted octanol–water partition coefficient (Wildman–Crippen LogP) is 3.69. The average molecular weight is 546 g/mol. The lowest BCUT2D eigenvalue weighted by molar-refractivity contribution is -0.385. The van der Waals surface area contributed by atoms with Gasteiger partial charge in [0.05, 0.1) is 33.4 Å². The molecule has 0 spiro atoms. The van der Waals surface area contributed by atoms with Gasteiger partial charge in [-0.05, 0) is 30.7 Å². The lowest BCUT2D eigenvalue weighted by atomic mass is 9.93. The van der Waals surface area contributed by atoms with Crippen LogP contribution in [0.4, 0.5) is 10.1 Å². The Morgan fingerprint density at radius 1 is 1.15 bits per heavy atom. The summed E-state index contributed by atoms with van der Waals surface area (Å²) < 4.78 is 20.7. The van der Waals surface area contributed by atoms with Gasteiger partial charge >= 0.3 is 11.7 Å². The summed E-state index contributed by atoms with van der Waals surface area (Å²) >= 11 is 0.994. The molecule has 39 heavy (non-hydrogen) atoms. The average Bonchev–Trinajstić information content (AvgIpc) is 3.24. The first-order valence-electron chi connectivity index (χ1n) is 11.8. The normalized spacial score (nSPS) is 15.0. The molecule has 0 amide bonds. The lowest BCUT2D eigenvalue weighted by Gasteiger charge is -2.25. The van der Waals surface area contributed by atoms with Gasteiger partial charge in [-0.15, -0.1) is 0 Å². The summed E-state index contributed by atoms with van der Waals surface area (Å²) in [6.07, 6.45) is 1.34. The van der Waals surface area contributed by atoms with Gasteiger partial charge in [0.15, 0.2) is 4.80 Å². The number of aromatic hydroxyl groups is 1. The molecule has 1 atom stereocenters. The number of carbonyl (C=O) groups is 1. The molecule has 0 saturated carbocycles. The number of hydrogen-bond donors (Lipinski definition) is 1. The second kappa shape index (κ2) is 10.5. The minimum atomic E-state index is -1.00. The van der Waals surface area contributed by atoms with Gasteiger partial charge in [0, 0.05) is 17.2 Å². The number of carbonyl (C=O) groups excluding carboxylic acids is 1. The molecule has 196 valence electrons. The third-order valence-electron chi connectivity index (χ3n) is 6.09. The van der Waals surface area contributed by atoms with E-state index in [4.69, 9.17) is 4.74 Å². The number of esters is 1. The van der Waals surface area contributed by atoms with Gasteiger partial charge < -0.3 is 9.84 Å². The summed E-state index contributed by atoms with van der Waals surface area (Å²) in [6, 6.07) is 17.4. The molecular weight excluding hydrogens is 525 g/mol. The Labute approximate surface area is 224 Å². The number of thiazole rings is 1. The van der Waals surface area contributed by atoms with Gasteiger partial charge in [-0.3, -0.25) is 19.5 Å². The summed E-state index contributed by atoms with van der Waals surface area (Å²) in [4.78, 5) is 42.6. The molecule has 1 aliphatic heterocycles. The van der Waals surface area contributed by atoms with E-state index in [1.807, 2.05) is 6.07 Å². The molecule has 1 N–H and O–H groups in total. The SMILES string of the molecule is CCOC(=O)C1=C(c2ccccc2)N=c2sc(=Cc3cccc([N+](=O)[O-])c3O)c(=O)n2C1c1ccc(F)cc1. The Morgan fingerprint density at radius 2 is 1.87 bits per heavy atom. The molecule has 11 heteroatoms. The van der Waals surface area contributed by atoms with E-state index in [-0.39, 0.29) is 27.1 Å². The number of fused-ring (bicyclic) bond motifs is 1. The van der Waals surface area contributed by atoms with Crippen molar-refractivity contribution in [1.29, 1.82) is 0 Å². The Morgan fingerprint density at radius 3 is 2.54 bits per heavy atom. The number of nitrogens with zero attached hydrogens (tertiary/aromatic N) is 3. The van der Waals surface area contributed by atoms with Crippen molar-refractivity contribution in [2.45, 2.75) is 13.0 Å². The highest BCUT2D eigenvalue weighted by atomic mass is 32.1. The summed E-state index contributed by atoms with van der Waals surface area (Å²) in [6.45, 7) is 1.74. The van der Waals surface area contributed by atoms with Gasteiger partial charge in [0.1, 0.15) is 5.82 Å². The number of benzene rings is 3. The molecule has 0 aliphatic carbocycles. The highest BCUT2D eigenvalue weighted by molar-refractivity contribution is 7.07. The number of nitro groups is 1. The van der Waals surface area contributed by atoms with Crippen LogP contribution in [0, 0.1) is 15.9 Å². The largest absolute Gasteiger partial charge is 0.502 e. The van der Waals surface area contributed by atoms with Crippen molar-refractivity contribution in [2.24, 2.45) is 4.99 Å². The van der Waals surface area contributed by atoms with Crippen LogP contribution in [0.25, 0.3) is 11.8 Å². The van der Waals surface area contributed by atoms with E-state index in [1.165, 1.54) is 47.0 Å². The van der Waals surface area contributed by atoms with E-state index in [2.05, 4.69) is 4.99 Å². The number of phenolic OH excluding ortho intramolecular Hbond substituents is 1. The molecule has 2 heterocycles. The van der Waals surface area contributed by atoms with E-state index in [9.17, 15) is 29.2 Å². The van der Waals surface area contributed by atoms with E-state index in [1.54, 1.807) is 31.2 Å². The van der Waals surface area contributed by atoms with Gasteiger partial charge in [0.25, 0.3) is 5.56 Å². The van der Waals surface area contributed by atoms with E-state index in [0.717, 1.165) is 17.4 Å². The van der Waals surface area contributed by atoms with Crippen molar-refractivity contribution in [2.75, 3.05) is 6.61 Å². The highest BCUT2D eigenvalue weighted by Gasteiger charge is 2.35. The molecule has 3 aromatic carbocycles. The molecule has 5 rings (SSSR count). The maximum Gasteiger partial charge on any atom is 0.338 e. The standard InChI is InChI=1S/C28H20FN3O6S/c1-2-38-27(35)22-23(16-7-4-3-5-8-16)30-28-31(24(22)17-11-13-19(29)14-12-17)26(34)21(39-28)15-18-9-6-10-20(25(18)33)32(36)37/h3-15,24,33H,2H2,1H3. The Kier molecular flexibility index (Phi) is 6.90. The van der Waals surface area contributed by atoms with Crippen LogP contribution in [-0.4, -0.2) is 27.2 Å². The zero-order chi connectivity index (χ0) is 27.7. The number of rotatable bonds is 6. The number of hydrogen-bond acceptors (Lipinski definition) is 8. The third-order valence-corrected chi connectivity index (χ3v) is 7.07. The first-order chi connectivity index (χ1) is 18.8. The fourth-order valence-corrected chi connectivity index (χ4v) is 5.35. The smallest absolute Gasteiger partial charge is 0.338 e. The van der Waals surface area contributed by atoms with Crippen molar-refractivity contribution < 1.29 is 24.0 Å². The molecule has 0 saturated heterocycles. The zero-order valence-electron chi connectivity index (χ0n) is 20.4. The second-order valence-corrected chi connectivity index (χ2v) is 9.46. The second-order valence-electron chi connectivity index (χ2n) is 8.46. The molecule has 0 bridgehead atoms. The minimum absolute atomic E-state index is 0.0701. The van der Waals surface area contributed by atoms with Gasteiger partial charge in [-0.25, -0.2) is 14.2 Å². The monoisotopic (exact) mass is 545 g/mol. The Hall–Kier alpha value is -4.90. The number of nitro benzene ring substituents is 1. The molecule has 9 nitrogen and oxygen atoms in total. The van der Waals surface area contributed by atoms with E-state index >= 15 is 0 Å². The van der Waals surface area contributed by atoms with Gasteiger partial charge in [0.2, 0.25) is 5.75 Å². The van der Waals surface area contributed by atoms with Crippen LogP contribution in [0.5, 0.6) is 5.75 Å². The molecule has 1 unspecified atom stereocenters.